The second kappa shape index (κ2) is 9.78. The molecule has 0 unspecified atom stereocenters. The minimum Gasteiger partial charge on any atom is -0.378 e. The van der Waals surface area contributed by atoms with Crippen LogP contribution in [0.2, 0.25) is 0 Å². The van der Waals surface area contributed by atoms with E-state index >= 15 is 0 Å². The van der Waals surface area contributed by atoms with Gasteiger partial charge in [-0.25, -0.2) is 0 Å². The van der Waals surface area contributed by atoms with Crippen LogP contribution in [-0.2, 0) is 16.1 Å². The minimum atomic E-state index is 0.103. The van der Waals surface area contributed by atoms with Crippen molar-refractivity contribution in [1.82, 2.24) is 20.1 Å². The van der Waals surface area contributed by atoms with E-state index in [1.807, 2.05) is 0 Å². The third-order valence-electron chi connectivity index (χ3n) is 5.33. The molecule has 1 N–H and O–H groups in total. The van der Waals surface area contributed by atoms with Gasteiger partial charge in [-0.15, -0.1) is 10.2 Å². The van der Waals surface area contributed by atoms with Crippen molar-refractivity contribution in [3.8, 4) is 0 Å². The molecule has 1 aromatic rings. The van der Waals surface area contributed by atoms with E-state index in [2.05, 4.69) is 45.8 Å². The summed E-state index contributed by atoms with van der Waals surface area (Å²) in [6, 6.07) is 0.323. The maximum absolute atomic E-state index is 12.5. The first-order valence-corrected chi connectivity index (χ1v) is 11.2. The van der Waals surface area contributed by atoms with E-state index < -0.39 is 0 Å². The Kier molecular flexibility index (Phi) is 7.41. The van der Waals surface area contributed by atoms with Crippen LogP contribution in [-0.4, -0.2) is 58.8 Å². The van der Waals surface area contributed by atoms with Gasteiger partial charge in [-0.2, -0.15) is 0 Å². The minimum absolute atomic E-state index is 0.103. The first-order chi connectivity index (χ1) is 13.0. The molecular formula is C19H33N5O2S. The molecule has 1 saturated heterocycles. The molecule has 7 nitrogen and oxygen atoms in total. The van der Waals surface area contributed by atoms with Crippen molar-refractivity contribution in [2.45, 2.75) is 64.2 Å². The van der Waals surface area contributed by atoms with Gasteiger partial charge in [0, 0.05) is 25.7 Å². The number of hydrogen-bond acceptors (Lipinski definition) is 6. The van der Waals surface area contributed by atoms with E-state index in [9.17, 15) is 4.79 Å². The number of amides is 1. The summed E-state index contributed by atoms with van der Waals surface area (Å²) < 4.78 is 7.62. The Morgan fingerprint density at radius 2 is 2.00 bits per heavy atom. The zero-order valence-corrected chi connectivity index (χ0v) is 17.6. The van der Waals surface area contributed by atoms with Gasteiger partial charge in [-0.05, 0) is 24.7 Å². The van der Waals surface area contributed by atoms with Crippen LogP contribution in [0.4, 0.5) is 5.95 Å². The summed E-state index contributed by atoms with van der Waals surface area (Å²) in [7, 11) is 0. The zero-order valence-electron chi connectivity index (χ0n) is 16.8. The fourth-order valence-electron chi connectivity index (χ4n) is 3.82. The predicted molar refractivity (Wildman–Crippen MR) is 108 cm³/mol. The summed E-state index contributed by atoms with van der Waals surface area (Å²) in [6.45, 7) is 10.6. The number of thioether (sulfide) groups is 1. The van der Waals surface area contributed by atoms with Crippen molar-refractivity contribution in [1.29, 1.82) is 0 Å². The summed E-state index contributed by atoms with van der Waals surface area (Å²) in [5.74, 6) is 2.45. The average molecular weight is 396 g/mol. The number of carbonyl (C=O) groups excluding carboxylic acids is 1. The van der Waals surface area contributed by atoms with Crippen LogP contribution in [0, 0.1) is 11.8 Å². The Balaban J connectivity index is 1.61. The monoisotopic (exact) mass is 395 g/mol. The standard InChI is InChI=1S/C19H33N5O2S/c1-14(2)12-24-18(23-8-10-26-11-9-23)21-22-19(24)27-13-17(25)20-16-7-5-4-6-15(16)3/h14-16H,4-13H2,1-3H3,(H,20,25)/t15-,16-/m0/s1. The summed E-state index contributed by atoms with van der Waals surface area (Å²) in [6.07, 6.45) is 4.81. The Bertz CT molecular complexity index is 615. The van der Waals surface area contributed by atoms with Gasteiger partial charge in [0.15, 0.2) is 5.16 Å². The van der Waals surface area contributed by atoms with Crippen LogP contribution in [0.3, 0.4) is 0 Å². The number of ether oxygens (including phenoxy) is 1. The van der Waals surface area contributed by atoms with Crippen LogP contribution in [0.1, 0.15) is 46.5 Å². The van der Waals surface area contributed by atoms with Gasteiger partial charge < -0.3 is 15.0 Å². The molecule has 0 spiro atoms. The maximum atomic E-state index is 12.5. The third-order valence-corrected chi connectivity index (χ3v) is 6.30. The molecule has 2 atom stereocenters. The van der Waals surface area contributed by atoms with Gasteiger partial charge in [0.1, 0.15) is 0 Å². The Labute approximate surface area is 166 Å². The Morgan fingerprint density at radius 1 is 1.26 bits per heavy atom. The van der Waals surface area contributed by atoms with Gasteiger partial charge in [0.05, 0.1) is 19.0 Å². The number of aromatic nitrogens is 3. The second-order valence-electron chi connectivity index (χ2n) is 8.11. The van der Waals surface area contributed by atoms with Crippen molar-refractivity contribution in [3.05, 3.63) is 0 Å². The largest absolute Gasteiger partial charge is 0.378 e. The van der Waals surface area contributed by atoms with Crippen LogP contribution >= 0.6 is 11.8 Å². The molecule has 0 bridgehead atoms. The highest BCUT2D eigenvalue weighted by molar-refractivity contribution is 7.99. The normalized spacial score (nSPS) is 23.6. The smallest absolute Gasteiger partial charge is 0.230 e. The number of anilines is 1. The van der Waals surface area contributed by atoms with Crippen molar-refractivity contribution >= 4 is 23.6 Å². The summed E-state index contributed by atoms with van der Waals surface area (Å²) in [5, 5.41) is 12.9. The van der Waals surface area contributed by atoms with E-state index in [0.717, 1.165) is 50.4 Å². The number of morpholine rings is 1. The molecule has 1 aromatic heterocycles. The number of nitrogens with one attached hydrogen (secondary N) is 1. The summed E-state index contributed by atoms with van der Waals surface area (Å²) >= 11 is 1.49. The molecule has 3 rings (SSSR count). The lowest BCUT2D eigenvalue weighted by molar-refractivity contribution is -0.119. The SMILES string of the molecule is CC(C)Cn1c(SCC(=O)N[C@H]2CCCC[C@@H]2C)nnc1N1CCOCC1. The summed E-state index contributed by atoms with van der Waals surface area (Å²) in [4.78, 5) is 14.7. The highest BCUT2D eigenvalue weighted by Gasteiger charge is 2.24. The number of carbonyl (C=O) groups is 1. The van der Waals surface area contributed by atoms with Crippen molar-refractivity contribution in [3.63, 3.8) is 0 Å². The van der Waals surface area contributed by atoms with E-state index in [1.54, 1.807) is 0 Å². The molecule has 2 aliphatic rings. The molecule has 2 heterocycles. The van der Waals surface area contributed by atoms with Crippen LogP contribution in [0.15, 0.2) is 5.16 Å². The quantitative estimate of drug-likeness (QED) is 0.716. The van der Waals surface area contributed by atoms with Gasteiger partial charge in [0.2, 0.25) is 11.9 Å². The molecule has 0 aromatic carbocycles. The molecule has 1 aliphatic carbocycles. The van der Waals surface area contributed by atoms with E-state index in [4.69, 9.17) is 4.74 Å². The Morgan fingerprint density at radius 3 is 2.70 bits per heavy atom. The van der Waals surface area contributed by atoms with E-state index in [1.165, 1.54) is 31.0 Å². The van der Waals surface area contributed by atoms with E-state index in [-0.39, 0.29) is 5.91 Å². The fraction of sp³-hybridized carbons (Fsp3) is 0.842. The second-order valence-corrected chi connectivity index (χ2v) is 9.05. The number of nitrogens with zero attached hydrogens (tertiary/aromatic N) is 4. The molecule has 8 heteroatoms. The van der Waals surface area contributed by atoms with Gasteiger partial charge in [-0.1, -0.05) is 45.4 Å². The van der Waals surface area contributed by atoms with Crippen molar-refractivity contribution in [2.24, 2.45) is 11.8 Å². The number of rotatable bonds is 7. The topological polar surface area (TPSA) is 72.3 Å². The van der Waals surface area contributed by atoms with Crippen molar-refractivity contribution < 1.29 is 9.53 Å². The maximum Gasteiger partial charge on any atom is 0.230 e. The van der Waals surface area contributed by atoms with E-state index in [0.29, 0.717) is 23.6 Å². The van der Waals surface area contributed by atoms with Crippen LogP contribution in [0.5, 0.6) is 0 Å². The van der Waals surface area contributed by atoms with Crippen molar-refractivity contribution in [2.75, 3.05) is 37.0 Å². The van der Waals surface area contributed by atoms with Gasteiger partial charge >= 0.3 is 0 Å². The molecule has 1 aliphatic heterocycles. The fourth-order valence-corrected chi connectivity index (χ4v) is 4.57. The first kappa shape index (κ1) is 20.5. The zero-order chi connectivity index (χ0) is 19.2. The highest BCUT2D eigenvalue weighted by atomic mass is 32.2. The van der Waals surface area contributed by atoms with Gasteiger partial charge in [-0.3, -0.25) is 9.36 Å². The molecular weight excluding hydrogens is 362 g/mol. The first-order valence-electron chi connectivity index (χ1n) is 10.2. The van der Waals surface area contributed by atoms with Crippen LogP contribution in [0.25, 0.3) is 0 Å². The molecule has 1 amide bonds. The number of hydrogen-bond donors (Lipinski definition) is 1. The average Bonchev–Trinajstić information content (AvgIpc) is 3.04. The molecule has 152 valence electrons. The highest BCUT2D eigenvalue weighted by Crippen LogP contribution is 2.26. The molecule has 0 radical (unpaired) electrons. The lowest BCUT2D eigenvalue weighted by Gasteiger charge is -2.29. The Hall–Kier alpha value is -1.28. The summed E-state index contributed by atoms with van der Waals surface area (Å²) in [5.41, 5.74) is 0. The molecule has 2 fully saturated rings. The lowest BCUT2D eigenvalue weighted by Crippen LogP contribution is -2.41. The lowest BCUT2D eigenvalue weighted by atomic mass is 9.86. The molecule has 27 heavy (non-hydrogen) atoms. The van der Waals surface area contributed by atoms with Gasteiger partial charge in [0.25, 0.3) is 0 Å². The molecule has 1 saturated carbocycles. The predicted octanol–water partition coefficient (Wildman–Crippen LogP) is 2.56. The third kappa shape index (κ3) is 5.60. The van der Waals surface area contributed by atoms with Crippen LogP contribution < -0.4 is 10.2 Å².